The Morgan fingerprint density at radius 3 is 2.60 bits per heavy atom. The summed E-state index contributed by atoms with van der Waals surface area (Å²) in [6.45, 7) is 2.17. The van der Waals surface area contributed by atoms with Gasteiger partial charge in [0.2, 0.25) is 5.43 Å². The van der Waals surface area contributed by atoms with Crippen LogP contribution in [0.4, 0.5) is 0 Å². The first-order valence-electron chi connectivity index (χ1n) is 5.45. The number of hydrogen-bond acceptors (Lipinski definition) is 2. The maximum Gasteiger partial charge on any atom is 0.220 e. The van der Waals surface area contributed by atoms with Crippen LogP contribution in [0.15, 0.2) is 29.1 Å². The molecule has 0 bridgehead atoms. The van der Waals surface area contributed by atoms with Crippen molar-refractivity contribution in [2.75, 3.05) is 7.11 Å². The minimum atomic E-state index is -0.0333. The smallest absolute Gasteiger partial charge is 0.220 e. The standard InChI is InChI=1S/C13H18O2/c1-3-4-5-8-11-9-6-7-10-12(14)13(11)15-2/h6-7,9-10H,3-5,8H2,1-2H3. The molecule has 0 aliphatic heterocycles. The van der Waals surface area contributed by atoms with Crippen LogP contribution in [-0.4, -0.2) is 7.11 Å². The van der Waals surface area contributed by atoms with Crippen LogP contribution >= 0.6 is 0 Å². The minimum Gasteiger partial charge on any atom is -0.492 e. The van der Waals surface area contributed by atoms with Gasteiger partial charge in [-0.15, -0.1) is 0 Å². The predicted molar refractivity (Wildman–Crippen MR) is 62.5 cm³/mol. The third-order valence-electron chi connectivity index (χ3n) is 2.43. The zero-order valence-corrected chi connectivity index (χ0v) is 9.45. The van der Waals surface area contributed by atoms with Gasteiger partial charge in [-0.1, -0.05) is 38.0 Å². The third-order valence-corrected chi connectivity index (χ3v) is 2.43. The molecule has 0 saturated carbocycles. The molecule has 1 aromatic carbocycles. The van der Waals surface area contributed by atoms with Crippen LogP contribution in [-0.2, 0) is 6.42 Å². The molecule has 0 aliphatic carbocycles. The summed E-state index contributed by atoms with van der Waals surface area (Å²) in [5.41, 5.74) is 0.981. The van der Waals surface area contributed by atoms with E-state index in [-0.39, 0.29) is 5.43 Å². The molecule has 0 aliphatic rings. The molecule has 0 radical (unpaired) electrons. The first-order chi connectivity index (χ1) is 7.29. The summed E-state index contributed by atoms with van der Waals surface area (Å²) in [6, 6.07) is 7.16. The van der Waals surface area contributed by atoms with Crippen LogP contribution in [0.2, 0.25) is 0 Å². The average molecular weight is 206 g/mol. The average Bonchev–Trinajstić information content (AvgIpc) is 2.41. The molecule has 0 aromatic heterocycles. The first-order valence-corrected chi connectivity index (χ1v) is 5.45. The molecule has 0 saturated heterocycles. The highest BCUT2D eigenvalue weighted by molar-refractivity contribution is 5.32. The summed E-state index contributed by atoms with van der Waals surface area (Å²) in [6.07, 6.45) is 4.40. The van der Waals surface area contributed by atoms with Gasteiger partial charge in [-0.3, -0.25) is 4.79 Å². The Hall–Kier alpha value is -1.31. The molecule has 0 spiro atoms. The van der Waals surface area contributed by atoms with Gasteiger partial charge in [0.25, 0.3) is 0 Å². The highest BCUT2D eigenvalue weighted by atomic mass is 16.5. The number of aryl methyl sites for hydroxylation is 1. The fourth-order valence-corrected chi connectivity index (χ4v) is 1.62. The van der Waals surface area contributed by atoms with E-state index in [1.807, 2.05) is 12.1 Å². The maximum absolute atomic E-state index is 11.6. The van der Waals surface area contributed by atoms with E-state index in [0.29, 0.717) is 5.75 Å². The second-order valence-corrected chi connectivity index (χ2v) is 3.60. The summed E-state index contributed by atoms with van der Waals surface area (Å²) < 4.78 is 5.15. The van der Waals surface area contributed by atoms with E-state index in [9.17, 15) is 4.79 Å². The van der Waals surface area contributed by atoms with Crippen LogP contribution in [0.5, 0.6) is 5.75 Å². The van der Waals surface area contributed by atoms with Crippen LogP contribution in [0.25, 0.3) is 0 Å². The van der Waals surface area contributed by atoms with Crippen molar-refractivity contribution in [2.45, 2.75) is 32.6 Å². The van der Waals surface area contributed by atoms with Gasteiger partial charge in [0, 0.05) is 0 Å². The van der Waals surface area contributed by atoms with E-state index in [4.69, 9.17) is 4.74 Å². The molecule has 0 N–H and O–H groups in total. The number of unbranched alkanes of at least 4 members (excludes halogenated alkanes) is 2. The summed E-state index contributed by atoms with van der Waals surface area (Å²) in [4.78, 5) is 11.6. The zero-order valence-electron chi connectivity index (χ0n) is 9.45. The monoisotopic (exact) mass is 206 g/mol. The quantitative estimate of drug-likeness (QED) is 0.692. The fourth-order valence-electron chi connectivity index (χ4n) is 1.62. The van der Waals surface area contributed by atoms with Crippen molar-refractivity contribution in [2.24, 2.45) is 0 Å². The molecule has 0 atom stereocenters. The van der Waals surface area contributed by atoms with E-state index in [1.165, 1.54) is 12.8 Å². The summed E-state index contributed by atoms with van der Waals surface area (Å²) in [7, 11) is 1.56. The molecule has 1 rings (SSSR count). The Kier molecular flexibility index (Phi) is 4.88. The van der Waals surface area contributed by atoms with E-state index in [1.54, 1.807) is 19.2 Å². The van der Waals surface area contributed by atoms with Crippen molar-refractivity contribution in [3.8, 4) is 5.75 Å². The second-order valence-electron chi connectivity index (χ2n) is 3.60. The molecular formula is C13H18O2. The van der Waals surface area contributed by atoms with Gasteiger partial charge in [-0.05, 0) is 24.5 Å². The molecule has 2 heteroatoms. The van der Waals surface area contributed by atoms with Gasteiger partial charge in [-0.25, -0.2) is 0 Å². The highest BCUT2D eigenvalue weighted by Gasteiger charge is 2.04. The second kappa shape index (κ2) is 6.23. The number of rotatable bonds is 5. The first kappa shape index (κ1) is 11.8. The van der Waals surface area contributed by atoms with Crippen molar-refractivity contribution >= 4 is 0 Å². The topological polar surface area (TPSA) is 26.3 Å². The zero-order chi connectivity index (χ0) is 11.1. The Morgan fingerprint density at radius 2 is 1.93 bits per heavy atom. The largest absolute Gasteiger partial charge is 0.492 e. The van der Waals surface area contributed by atoms with Crippen LogP contribution in [0.1, 0.15) is 31.7 Å². The Balaban J connectivity index is 2.91. The fraction of sp³-hybridized carbons (Fsp3) is 0.462. The molecule has 82 valence electrons. The summed E-state index contributed by atoms with van der Waals surface area (Å²) in [5.74, 6) is 0.496. The van der Waals surface area contributed by atoms with Crippen LogP contribution < -0.4 is 10.2 Å². The van der Waals surface area contributed by atoms with Gasteiger partial charge in [-0.2, -0.15) is 0 Å². The Bertz CT molecular complexity index is 358. The van der Waals surface area contributed by atoms with Crippen LogP contribution in [0.3, 0.4) is 0 Å². The molecule has 0 heterocycles. The molecule has 15 heavy (non-hydrogen) atoms. The third kappa shape index (κ3) is 3.39. The number of ether oxygens (including phenoxy) is 1. The van der Waals surface area contributed by atoms with E-state index in [0.717, 1.165) is 18.4 Å². The lowest BCUT2D eigenvalue weighted by atomic mass is 10.1. The van der Waals surface area contributed by atoms with E-state index < -0.39 is 0 Å². The molecule has 1 aromatic rings. The van der Waals surface area contributed by atoms with Crippen LogP contribution in [0, 0.1) is 0 Å². The highest BCUT2D eigenvalue weighted by Crippen LogP contribution is 2.14. The molecular weight excluding hydrogens is 188 g/mol. The van der Waals surface area contributed by atoms with Gasteiger partial charge in [0.15, 0.2) is 5.75 Å². The normalized spacial score (nSPS) is 10.0. The Morgan fingerprint density at radius 1 is 1.20 bits per heavy atom. The molecule has 0 fully saturated rings. The number of hydrogen-bond donors (Lipinski definition) is 0. The Labute approximate surface area is 90.9 Å². The molecule has 2 nitrogen and oxygen atoms in total. The lowest BCUT2D eigenvalue weighted by molar-refractivity contribution is 0.405. The van der Waals surface area contributed by atoms with Gasteiger partial charge >= 0.3 is 0 Å². The lowest BCUT2D eigenvalue weighted by Crippen LogP contribution is -2.03. The van der Waals surface area contributed by atoms with E-state index >= 15 is 0 Å². The van der Waals surface area contributed by atoms with Crippen molar-refractivity contribution in [1.82, 2.24) is 0 Å². The van der Waals surface area contributed by atoms with Crippen molar-refractivity contribution in [3.63, 3.8) is 0 Å². The molecule has 0 amide bonds. The maximum atomic E-state index is 11.6. The van der Waals surface area contributed by atoms with E-state index in [2.05, 4.69) is 6.92 Å². The minimum absolute atomic E-state index is 0.0333. The van der Waals surface area contributed by atoms with Crippen molar-refractivity contribution < 1.29 is 4.74 Å². The van der Waals surface area contributed by atoms with Crippen molar-refractivity contribution in [1.29, 1.82) is 0 Å². The molecule has 0 unspecified atom stereocenters. The van der Waals surface area contributed by atoms with Gasteiger partial charge in [0.05, 0.1) is 7.11 Å². The lowest BCUT2D eigenvalue weighted by Gasteiger charge is -2.03. The van der Waals surface area contributed by atoms with Crippen molar-refractivity contribution in [3.05, 3.63) is 40.1 Å². The number of methoxy groups -OCH3 is 1. The predicted octanol–water partition coefficient (Wildman–Crippen LogP) is 2.79. The van der Waals surface area contributed by atoms with Gasteiger partial charge < -0.3 is 4.74 Å². The SMILES string of the molecule is CCCCCc1ccccc(=O)c1OC. The summed E-state index contributed by atoms with van der Waals surface area (Å²) in [5, 5.41) is 0. The summed E-state index contributed by atoms with van der Waals surface area (Å²) >= 11 is 0. The van der Waals surface area contributed by atoms with Gasteiger partial charge in [0.1, 0.15) is 0 Å².